The number of benzene rings is 6. The summed E-state index contributed by atoms with van der Waals surface area (Å²) < 4.78 is 39.6. The van der Waals surface area contributed by atoms with E-state index in [2.05, 4.69) is 70.4 Å². The van der Waals surface area contributed by atoms with Gasteiger partial charge in [-0.2, -0.15) is 0 Å². The molecule has 8 aromatic rings. The average Bonchev–Trinajstić information content (AvgIpc) is 3.18. The first kappa shape index (κ1) is 42.0. The van der Waals surface area contributed by atoms with Gasteiger partial charge in [-0.1, -0.05) is 59.1 Å². The minimum atomic E-state index is -0.293. The van der Waals surface area contributed by atoms with Crippen molar-refractivity contribution in [3.05, 3.63) is 179 Å². The summed E-state index contributed by atoms with van der Waals surface area (Å²) in [6.07, 6.45) is 2.99. The molecule has 0 aliphatic heterocycles. The van der Waals surface area contributed by atoms with Gasteiger partial charge in [0.1, 0.15) is 60.0 Å². The van der Waals surface area contributed by atoms with Gasteiger partial charge in [-0.3, -0.25) is 0 Å². The highest BCUT2D eigenvalue weighted by Crippen LogP contribution is 2.32. The standard InChI is InChI=1S/C21H14ClFIN3O.C13H11ClFNO.C8H4ClIN2/c22-18-10-16(5-7-20(18)28-11-13-2-1-3-14(23)8-13)27-21-17-9-15(24)4-6-19(17)25-12-26-21;14-12-7-11(16)4-5-13(12)17-8-9-2-1-3-10(15)6-9;9-8-6-3-5(10)1-2-7(6)11-4-12-8/h1-10,12H,11H2,(H,25,26,27);1-7H,8,16H2;1-4H. The molecule has 57 heavy (non-hydrogen) atoms. The van der Waals surface area contributed by atoms with Gasteiger partial charge >= 0.3 is 0 Å². The first-order valence-corrected chi connectivity index (χ1v) is 20.1. The predicted molar refractivity (Wildman–Crippen MR) is 242 cm³/mol. The molecule has 0 saturated heterocycles. The molecule has 15 heteroatoms. The third-order valence-corrected chi connectivity index (χ3v) is 10.1. The Morgan fingerprint density at radius 2 is 1.12 bits per heavy atom. The van der Waals surface area contributed by atoms with Crippen LogP contribution in [0.25, 0.3) is 21.8 Å². The number of anilines is 3. The number of nitrogen functional groups attached to an aromatic ring is 1. The molecule has 0 bridgehead atoms. The van der Waals surface area contributed by atoms with E-state index in [1.54, 1.807) is 54.6 Å². The van der Waals surface area contributed by atoms with Gasteiger partial charge < -0.3 is 20.5 Å². The minimum Gasteiger partial charge on any atom is -0.487 e. The van der Waals surface area contributed by atoms with Gasteiger partial charge in [0.05, 0.1) is 21.1 Å². The first-order valence-electron chi connectivity index (χ1n) is 16.8. The van der Waals surface area contributed by atoms with Crippen LogP contribution < -0.4 is 20.5 Å². The van der Waals surface area contributed by atoms with Crippen LogP contribution in [0.1, 0.15) is 11.1 Å². The molecule has 0 atom stereocenters. The summed E-state index contributed by atoms with van der Waals surface area (Å²) in [5.74, 6) is 1.18. The number of halogens is 7. The Bertz CT molecular complexity index is 2660. The molecule has 0 amide bonds. The summed E-state index contributed by atoms with van der Waals surface area (Å²) in [5, 5.41) is 6.53. The predicted octanol–water partition coefficient (Wildman–Crippen LogP) is 12.9. The molecule has 0 unspecified atom stereocenters. The first-order chi connectivity index (χ1) is 27.5. The van der Waals surface area contributed by atoms with Crippen molar-refractivity contribution >= 4 is 119 Å². The van der Waals surface area contributed by atoms with E-state index in [-0.39, 0.29) is 24.8 Å². The largest absolute Gasteiger partial charge is 0.487 e. The van der Waals surface area contributed by atoms with Gasteiger partial charge in [0.25, 0.3) is 0 Å². The van der Waals surface area contributed by atoms with Crippen LogP contribution in [0.2, 0.25) is 15.2 Å². The third-order valence-electron chi connectivity index (χ3n) is 7.86. The second-order valence-corrected chi connectivity index (χ2v) is 15.7. The van der Waals surface area contributed by atoms with Crippen molar-refractivity contribution in [2.75, 3.05) is 11.1 Å². The highest BCUT2D eigenvalue weighted by Gasteiger charge is 2.09. The van der Waals surface area contributed by atoms with Gasteiger partial charge in [0, 0.05) is 29.3 Å². The zero-order valence-electron chi connectivity index (χ0n) is 29.4. The van der Waals surface area contributed by atoms with Crippen LogP contribution in [0.15, 0.2) is 134 Å². The SMILES string of the molecule is Clc1ncnc2ccc(I)cc12.Fc1cccc(COc2ccc(Nc3ncnc4ccc(I)cc34)cc2Cl)c1.Nc1ccc(OCc2cccc(F)c2)c(Cl)c1. The van der Waals surface area contributed by atoms with E-state index in [4.69, 9.17) is 50.0 Å². The van der Waals surface area contributed by atoms with Gasteiger partial charge in [-0.15, -0.1) is 0 Å². The lowest BCUT2D eigenvalue weighted by Crippen LogP contribution is -1.98. The van der Waals surface area contributed by atoms with Gasteiger partial charge in [0.15, 0.2) is 0 Å². The Hall–Kier alpha value is -4.61. The maximum absolute atomic E-state index is 13.3. The van der Waals surface area contributed by atoms with Crippen LogP contribution in [0.5, 0.6) is 11.5 Å². The van der Waals surface area contributed by atoms with E-state index >= 15 is 0 Å². The molecule has 0 radical (unpaired) electrons. The van der Waals surface area contributed by atoms with Gasteiger partial charge in [0.2, 0.25) is 0 Å². The maximum Gasteiger partial charge on any atom is 0.141 e. The number of rotatable bonds is 8. The fraction of sp³-hybridized carbons (Fsp3) is 0.0476. The molecule has 8 rings (SSSR count). The molecule has 2 heterocycles. The molecule has 0 aliphatic carbocycles. The summed E-state index contributed by atoms with van der Waals surface area (Å²) in [6, 6.07) is 34.8. The highest BCUT2D eigenvalue weighted by molar-refractivity contribution is 14.1. The van der Waals surface area contributed by atoms with Crippen molar-refractivity contribution in [1.82, 2.24) is 19.9 Å². The van der Waals surface area contributed by atoms with Crippen LogP contribution in [0, 0.1) is 18.8 Å². The van der Waals surface area contributed by atoms with Crippen molar-refractivity contribution < 1.29 is 18.3 Å². The van der Waals surface area contributed by atoms with E-state index in [1.165, 1.54) is 36.9 Å². The number of aromatic nitrogens is 4. The topological polar surface area (TPSA) is 108 Å². The van der Waals surface area contributed by atoms with Crippen molar-refractivity contribution in [2.24, 2.45) is 0 Å². The lowest BCUT2D eigenvalue weighted by Gasteiger charge is -2.12. The number of hydrogen-bond acceptors (Lipinski definition) is 8. The normalized spacial score (nSPS) is 10.6. The summed E-state index contributed by atoms with van der Waals surface area (Å²) in [4.78, 5) is 16.6. The number of nitrogens with one attached hydrogen (secondary N) is 1. The van der Waals surface area contributed by atoms with Gasteiger partial charge in [-0.05, 0) is 153 Å². The Morgan fingerprint density at radius 1 is 0.579 bits per heavy atom. The average molecular weight is 1050 g/mol. The smallest absolute Gasteiger partial charge is 0.141 e. The highest BCUT2D eigenvalue weighted by atomic mass is 127. The molecule has 0 fully saturated rings. The molecule has 0 saturated carbocycles. The number of nitrogens with zero attached hydrogens (tertiary/aromatic N) is 4. The van der Waals surface area contributed by atoms with Crippen LogP contribution in [0.4, 0.5) is 26.0 Å². The monoisotopic (exact) mass is 1050 g/mol. The van der Waals surface area contributed by atoms with E-state index in [0.29, 0.717) is 38.2 Å². The van der Waals surface area contributed by atoms with E-state index in [1.807, 2.05) is 42.5 Å². The molecule has 288 valence electrons. The van der Waals surface area contributed by atoms with Crippen LogP contribution >= 0.6 is 80.0 Å². The van der Waals surface area contributed by atoms with Crippen molar-refractivity contribution in [2.45, 2.75) is 13.2 Å². The molecule has 2 aromatic heterocycles. The quantitative estimate of drug-likeness (QED) is 0.0880. The minimum absolute atomic E-state index is 0.235. The lowest BCUT2D eigenvalue weighted by atomic mass is 10.2. The molecule has 0 aliphatic rings. The van der Waals surface area contributed by atoms with Crippen molar-refractivity contribution in [1.29, 1.82) is 0 Å². The number of hydrogen-bond donors (Lipinski definition) is 2. The summed E-state index contributed by atoms with van der Waals surface area (Å²) in [5.41, 5.74) is 10.2. The Balaban J connectivity index is 0.000000160. The number of ether oxygens (including phenoxy) is 2. The molecule has 6 aromatic carbocycles. The Morgan fingerprint density at radius 3 is 1.70 bits per heavy atom. The molecule has 8 nitrogen and oxygen atoms in total. The van der Waals surface area contributed by atoms with E-state index in [9.17, 15) is 8.78 Å². The lowest BCUT2D eigenvalue weighted by molar-refractivity contribution is 0.306. The van der Waals surface area contributed by atoms with Crippen LogP contribution in [-0.2, 0) is 13.2 Å². The molecule has 0 spiro atoms. The maximum atomic E-state index is 13.3. The second kappa shape index (κ2) is 20.2. The second-order valence-electron chi connectivity index (χ2n) is 12.0. The number of nitrogens with two attached hydrogens (primary N) is 1. The zero-order chi connectivity index (χ0) is 40.3. The van der Waals surface area contributed by atoms with Crippen molar-refractivity contribution in [3.63, 3.8) is 0 Å². The van der Waals surface area contributed by atoms with E-state index in [0.717, 1.165) is 45.8 Å². The Labute approximate surface area is 369 Å². The summed E-state index contributed by atoms with van der Waals surface area (Å²) in [7, 11) is 0. The fourth-order valence-corrected chi connectivity index (χ4v) is 6.82. The van der Waals surface area contributed by atoms with E-state index < -0.39 is 0 Å². The molecular formula is C42H29Cl3F2I2N6O2. The Kier molecular flexibility index (Phi) is 14.9. The number of fused-ring (bicyclic) bond motifs is 2. The van der Waals surface area contributed by atoms with Crippen LogP contribution in [0.3, 0.4) is 0 Å². The fourth-order valence-electron chi connectivity index (χ4n) is 5.17. The third kappa shape index (κ3) is 12.2. The van der Waals surface area contributed by atoms with Crippen LogP contribution in [-0.4, -0.2) is 19.9 Å². The zero-order valence-corrected chi connectivity index (χ0v) is 36.0. The molecular weight excluding hydrogens is 1020 g/mol. The summed E-state index contributed by atoms with van der Waals surface area (Å²) in [6.45, 7) is 0.501. The summed E-state index contributed by atoms with van der Waals surface area (Å²) >= 11 is 22.7. The van der Waals surface area contributed by atoms with Gasteiger partial charge in [-0.25, -0.2) is 28.7 Å². The molecule has 3 N–H and O–H groups in total. The van der Waals surface area contributed by atoms with Crippen molar-refractivity contribution in [3.8, 4) is 11.5 Å².